The molecule has 2 heterocycles. The average molecular weight is 192 g/mol. The molecule has 0 bridgehead atoms. The molecular formula is C10H16N4. The van der Waals surface area contributed by atoms with Gasteiger partial charge in [-0.05, 0) is 32.0 Å². The van der Waals surface area contributed by atoms with Crippen LogP contribution in [-0.2, 0) is 0 Å². The van der Waals surface area contributed by atoms with Crippen LogP contribution < -0.4 is 5.32 Å². The monoisotopic (exact) mass is 192 g/mol. The molecule has 0 saturated carbocycles. The van der Waals surface area contributed by atoms with Crippen LogP contribution in [0.4, 0.5) is 5.95 Å². The van der Waals surface area contributed by atoms with Gasteiger partial charge < -0.3 is 5.32 Å². The maximum atomic E-state index is 4.11. The molecule has 0 aliphatic carbocycles. The Morgan fingerprint density at radius 2 is 1.86 bits per heavy atom. The van der Waals surface area contributed by atoms with Crippen LogP contribution >= 0.6 is 0 Å². The SMILES string of the molecule is c1cnc(NCN2CCCCC2)nc1. The Balaban J connectivity index is 1.76. The van der Waals surface area contributed by atoms with E-state index in [4.69, 9.17) is 0 Å². The highest BCUT2D eigenvalue weighted by atomic mass is 15.3. The van der Waals surface area contributed by atoms with Gasteiger partial charge in [-0.2, -0.15) is 0 Å². The van der Waals surface area contributed by atoms with Gasteiger partial charge in [0.1, 0.15) is 0 Å². The lowest BCUT2D eigenvalue weighted by Gasteiger charge is -2.26. The van der Waals surface area contributed by atoms with Crippen molar-refractivity contribution in [1.29, 1.82) is 0 Å². The minimum absolute atomic E-state index is 0.720. The molecule has 0 aromatic carbocycles. The molecule has 1 aromatic heterocycles. The number of nitrogens with zero attached hydrogens (tertiary/aromatic N) is 3. The fraction of sp³-hybridized carbons (Fsp3) is 0.600. The molecule has 0 spiro atoms. The molecule has 4 heteroatoms. The normalized spacial score (nSPS) is 18.0. The van der Waals surface area contributed by atoms with Crippen molar-refractivity contribution in [2.24, 2.45) is 0 Å². The number of aromatic nitrogens is 2. The predicted molar refractivity (Wildman–Crippen MR) is 55.9 cm³/mol. The highest BCUT2D eigenvalue weighted by Gasteiger charge is 2.09. The summed E-state index contributed by atoms with van der Waals surface area (Å²) in [6, 6.07) is 1.83. The Labute approximate surface area is 84.4 Å². The standard InChI is InChI=1S/C10H16N4/c1-2-7-14(8-3-1)9-13-10-11-5-4-6-12-10/h4-6H,1-3,7-9H2,(H,11,12,13). The molecule has 76 valence electrons. The largest absolute Gasteiger partial charge is 0.341 e. The van der Waals surface area contributed by atoms with E-state index in [0.717, 1.165) is 12.6 Å². The lowest BCUT2D eigenvalue weighted by atomic mass is 10.1. The number of likely N-dealkylation sites (tertiary alicyclic amines) is 1. The quantitative estimate of drug-likeness (QED) is 0.784. The number of piperidine rings is 1. The highest BCUT2D eigenvalue weighted by Crippen LogP contribution is 2.07. The molecule has 1 saturated heterocycles. The predicted octanol–water partition coefficient (Wildman–Crippen LogP) is 1.33. The van der Waals surface area contributed by atoms with Crippen molar-refractivity contribution < 1.29 is 0 Å². The Morgan fingerprint density at radius 1 is 1.14 bits per heavy atom. The molecule has 1 aliphatic rings. The van der Waals surface area contributed by atoms with Gasteiger partial charge in [-0.15, -0.1) is 0 Å². The summed E-state index contributed by atoms with van der Waals surface area (Å²) in [4.78, 5) is 10.6. The maximum absolute atomic E-state index is 4.11. The molecule has 4 nitrogen and oxygen atoms in total. The van der Waals surface area contributed by atoms with E-state index >= 15 is 0 Å². The van der Waals surface area contributed by atoms with Crippen LogP contribution in [0.5, 0.6) is 0 Å². The molecule has 0 amide bonds. The summed E-state index contributed by atoms with van der Waals surface area (Å²) in [5.41, 5.74) is 0. The van der Waals surface area contributed by atoms with Gasteiger partial charge in [0.15, 0.2) is 0 Å². The molecule has 1 aliphatic heterocycles. The first-order valence-electron chi connectivity index (χ1n) is 5.18. The topological polar surface area (TPSA) is 41.1 Å². The number of hydrogen-bond donors (Lipinski definition) is 1. The third kappa shape index (κ3) is 2.67. The van der Waals surface area contributed by atoms with Crippen molar-refractivity contribution in [1.82, 2.24) is 14.9 Å². The van der Waals surface area contributed by atoms with E-state index in [0.29, 0.717) is 0 Å². The van der Waals surface area contributed by atoms with E-state index in [2.05, 4.69) is 20.2 Å². The Morgan fingerprint density at radius 3 is 2.57 bits per heavy atom. The Hall–Kier alpha value is -1.16. The third-order valence-corrected chi connectivity index (χ3v) is 2.48. The van der Waals surface area contributed by atoms with Crippen LogP contribution in [-0.4, -0.2) is 34.6 Å². The zero-order valence-electron chi connectivity index (χ0n) is 8.32. The fourth-order valence-electron chi connectivity index (χ4n) is 1.69. The van der Waals surface area contributed by atoms with Gasteiger partial charge in [0.05, 0.1) is 6.67 Å². The second-order valence-electron chi connectivity index (χ2n) is 3.59. The summed E-state index contributed by atoms with van der Waals surface area (Å²) in [6.07, 6.45) is 7.52. The summed E-state index contributed by atoms with van der Waals surface area (Å²) < 4.78 is 0. The first-order chi connectivity index (χ1) is 6.95. The molecule has 1 fully saturated rings. The van der Waals surface area contributed by atoms with Crippen molar-refractivity contribution in [2.45, 2.75) is 19.3 Å². The first kappa shape index (κ1) is 9.40. The fourth-order valence-corrected chi connectivity index (χ4v) is 1.69. The molecule has 0 atom stereocenters. The summed E-state index contributed by atoms with van der Waals surface area (Å²) in [7, 11) is 0. The number of nitrogens with one attached hydrogen (secondary N) is 1. The number of rotatable bonds is 3. The van der Waals surface area contributed by atoms with Crippen LogP contribution in [0.15, 0.2) is 18.5 Å². The third-order valence-electron chi connectivity index (χ3n) is 2.48. The molecule has 1 N–H and O–H groups in total. The molecule has 1 aromatic rings. The van der Waals surface area contributed by atoms with Crippen molar-refractivity contribution in [2.75, 3.05) is 25.1 Å². The Bertz CT molecular complexity index is 256. The minimum Gasteiger partial charge on any atom is -0.341 e. The van der Waals surface area contributed by atoms with Gasteiger partial charge in [-0.25, -0.2) is 9.97 Å². The van der Waals surface area contributed by atoms with Crippen LogP contribution in [0.1, 0.15) is 19.3 Å². The van der Waals surface area contributed by atoms with Crippen LogP contribution in [0.2, 0.25) is 0 Å². The first-order valence-corrected chi connectivity index (χ1v) is 5.18. The van der Waals surface area contributed by atoms with E-state index in [-0.39, 0.29) is 0 Å². The second-order valence-corrected chi connectivity index (χ2v) is 3.59. The highest BCUT2D eigenvalue weighted by molar-refractivity contribution is 5.21. The molecule has 0 radical (unpaired) electrons. The van der Waals surface area contributed by atoms with Gasteiger partial charge in [0, 0.05) is 12.4 Å². The summed E-state index contributed by atoms with van der Waals surface area (Å²) in [5.74, 6) is 0.720. The maximum Gasteiger partial charge on any atom is 0.223 e. The number of hydrogen-bond acceptors (Lipinski definition) is 4. The smallest absolute Gasteiger partial charge is 0.223 e. The van der Waals surface area contributed by atoms with Crippen molar-refractivity contribution in [3.05, 3.63) is 18.5 Å². The van der Waals surface area contributed by atoms with Crippen LogP contribution in [0.3, 0.4) is 0 Å². The average Bonchev–Trinajstić information content (AvgIpc) is 2.29. The van der Waals surface area contributed by atoms with E-state index in [1.54, 1.807) is 12.4 Å². The van der Waals surface area contributed by atoms with Gasteiger partial charge >= 0.3 is 0 Å². The molecule has 14 heavy (non-hydrogen) atoms. The van der Waals surface area contributed by atoms with Crippen molar-refractivity contribution >= 4 is 5.95 Å². The molecular weight excluding hydrogens is 176 g/mol. The van der Waals surface area contributed by atoms with Gasteiger partial charge in [0.2, 0.25) is 5.95 Å². The number of anilines is 1. The van der Waals surface area contributed by atoms with Crippen molar-refractivity contribution in [3.8, 4) is 0 Å². The lowest BCUT2D eigenvalue weighted by Crippen LogP contribution is -2.34. The summed E-state index contributed by atoms with van der Waals surface area (Å²) >= 11 is 0. The van der Waals surface area contributed by atoms with Crippen LogP contribution in [0.25, 0.3) is 0 Å². The lowest BCUT2D eigenvalue weighted by molar-refractivity contribution is 0.243. The van der Waals surface area contributed by atoms with E-state index in [9.17, 15) is 0 Å². The van der Waals surface area contributed by atoms with Gasteiger partial charge in [-0.3, -0.25) is 4.90 Å². The van der Waals surface area contributed by atoms with Gasteiger partial charge in [0.25, 0.3) is 0 Å². The second kappa shape index (κ2) is 4.91. The zero-order valence-corrected chi connectivity index (χ0v) is 8.32. The van der Waals surface area contributed by atoms with E-state index in [1.165, 1.54) is 32.4 Å². The minimum atomic E-state index is 0.720. The van der Waals surface area contributed by atoms with E-state index in [1.807, 2.05) is 6.07 Å². The van der Waals surface area contributed by atoms with Crippen LogP contribution in [0, 0.1) is 0 Å². The Kier molecular flexibility index (Phi) is 3.29. The molecule has 2 rings (SSSR count). The van der Waals surface area contributed by atoms with E-state index < -0.39 is 0 Å². The summed E-state index contributed by atoms with van der Waals surface area (Å²) in [5, 5.41) is 3.22. The molecule has 0 unspecified atom stereocenters. The zero-order chi connectivity index (χ0) is 9.64. The summed E-state index contributed by atoms with van der Waals surface area (Å²) in [6.45, 7) is 3.25. The van der Waals surface area contributed by atoms with Crippen molar-refractivity contribution in [3.63, 3.8) is 0 Å². The van der Waals surface area contributed by atoms with Gasteiger partial charge in [-0.1, -0.05) is 6.42 Å².